The number of pyridine rings is 1. The van der Waals surface area contributed by atoms with Gasteiger partial charge in [0.05, 0.1) is 22.0 Å². The Balaban J connectivity index is 1.50. The Hall–Kier alpha value is -2.86. The van der Waals surface area contributed by atoms with E-state index in [1.165, 1.54) is 0 Å². The zero-order valence-electron chi connectivity index (χ0n) is 14.8. The van der Waals surface area contributed by atoms with Crippen molar-refractivity contribution in [3.8, 4) is 0 Å². The van der Waals surface area contributed by atoms with Gasteiger partial charge in [-0.05, 0) is 43.2 Å². The van der Waals surface area contributed by atoms with Crippen LogP contribution in [-0.2, 0) is 16.1 Å². The van der Waals surface area contributed by atoms with Crippen LogP contribution in [0.1, 0.15) is 34.5 Å². The number of nitrogens with zero attached hydrogens (tertiary/aromatic N) is 3. The number of anilines is 1. The van der Waals surface area contributed by atoms with Gasteiger partial charge in [0.2, 0.25) is 5.91 Å². The standard InChI is InChI=1S/C20H18ClN3O3/c1-13-4-7-18-22-15(11-23(18)10-13)12-27-20(26)14-5-6-16(21)17(9-14)24-8-2-3-19(24)25/h4-7,9-11H,2-3,8,12H2,1H3. The van der Waals surface area contributed by atoms with E-state index in [9.17, 15) is 9.59 Å². The maximum absolute atomic E-state index is 12.4. The SMILES string of the molecule is Cc1ccc2nc(COC(=O)c3ccc(Cl)c(N4CCCC4=O)c3)cn2c1. The monoisotopic (exact) mass is 383 g/mol. The number of esters is 1. The number of hydrogen-bond donors (Lipinski definition) is 0. The number of amides is 1. The van der Waals surface area contributed by atoms with E-state index >= 15 is 0 Å². The predicted molar refractivity (Wildman–Crippen MR) is 102 cm³/mol. The first kappa shape index (κ1) is 17.5. The molecule has 1 aromatic carbocycles. The Morgan fingerprint density at radius 3 is 2.89 bits per heavy atom. The number of rotatable bonds is 4. The van der Waals surface area contributed by atoms with Crippen LogP contribution in [0.4, 0.5) is 5.69 Å². The maximum Gasteiger partial charge on any atom is 0.338 e. The van der Waals surface area contributed by atoms with E-state index in [1.54, 1.807) is 23.1 Å². The number of aryl methyl sites for hydroxylation is 1. The molecule has 6 nitrogen and oxygen atoms in total. The van der Waals surface area contributed by atoms with Crippen LogP contribution in [0, 0.1) is 6.92 Å². The molecule has 3 heterocycles. The molecule has 0 N–H and O–H groups in total. The third-order valence-corrected chi connectivity index (χ3v) is 4.87. The second kappa shape index (κ2) is 7.04. The number of halogens is 1. The van der Waals surface area contributed by atoms with Gasteiger partial charge in [0, 0.05) is 25.4 Å². The molecule has 4 rings (SSSR count). The van der Waals surface area contributed by atoms with E-state index in [1.807, 2.05) is 35.9 Å². The highest BCUT2D eigenvalue weighted by atomic mass is 35.5. The summed E-state index contributed by atoms with van der Waals surface area (Å²) in [6.45, 7) is 2.68. The molecule has 7 heteroatoms. The fraction of sp³-hybridized carbons (Fsp3) is 0.250. The van der Waals surface area contributed by atoms with E-state index in [-0.39, 0.29) is 12.5 Å². The first-order chi connectivity index (χ1) is 13.0. The Morgan fingerprint density at radius 2 is 2.11 bits per heavy atom. The van der Waals surface area contributed by atoms with Crippen LogP contribution in [0.2, 0.25) is 5.02 Å². The van der Waals surface area contributed by atoms with Crippen LogP contribution in [0.25, 0.3) is 5.65 Å². The van der Waals surface area contributed by atoms with Crippen molar-refractivity contribution in [2.24, 2.45) is 0 Å². The molecule has 1 saturated heterocycles. The van der Waals surface area contributed by atoms with Crippen molar-refractivity contribution in [3.63, 3.8) is 0 Å². The van der Waals surface area contributed by atoms with Crippen LogP contribution >= 0.6 is 11.6 Å². The molecule has 138 valence electrons. The Labute approximate surface area is 161 Å². The second-order valence-corrected chi connectivity index (χ2v) is 7.00. The lowest BCUT2D eigenvalue weighted by Crippen LogP contribution is -2.24. The molecule has 2 aromatic heterocycles. The van der Waals surface area contributed by atoms with Gasteiger partial charge >= 0.3 is 5.97 Å². The molecule has 0 unspecified atom stereocenters. The summed E-state index contributed by atoms with van der Waals surface area (Å²) in [5, 5.41) is 0.442. The number of aromatic nitrogens is 2. The molecule has 1 aliphatic heterocycles. The van der Waals surface area contributed by atoms with Crippen LogP contribution < -0.4 is 4.90 Å². The lowest BCUT2D eigenvalue weighted by Gasteiger charge is -2.18. The Bertz CT molecular complexity index is 1040. The van der Waals surface area contributed by atoms with E-state index < -0.39 is 5.97 Å². The van der Waals surface area contributed by atoms with Crippen molar-refractivity contribution in [2.45, 2.75) is 26.4 Å². The number of carbonyl (C=O) groups excluding carboxylic acids is 2. The highest BCUT2D eigenvalue weighted by Crippen LogP contribution is 2.30. The number of imidazole rings is 1. The van der Waals surface area contributed by atoms with Crippen molar-refractivity contribution in [1.82, 2.24) is 9.38 Å². The largest absolute Gasteiger partial charge is 0.456 e. The zero-order valence-corrected chi connectivity index (χ0v) is 15.6. The highest BCUT2D eigenvalue weighted by molar-refractivity contribution is 6.34. The first-order valence-electron chi connectivity index (χ1n) is 8.72. The second-order valence-electron chi connectivity index (χ2n) is 6.60. The van der Waals surface area contributed by atoms with Gasteiger partial charge in [-0.15, -0.1) is 0 Å². The zero-order chi connectivity index (χ0) is 19.0. The minimum absolute atomic E-state index is 0.0161. The molecule has 1 fully saturated rings. The van der Waals surface area contributed by atoms with Crippen LogP contribution in [0.3, 0.4) is 0 Å². The first-order valence-corrected chi connectivity index (χ1v) is 9.10. The predicted octanol–water partition coefficient (Wildman–Crippen LogP) is 3.78. The van der Waals surface area contributed by atoms with Crippen molar-refractivity contribution in [2.75, 3.05) is 11.4 Å². The van der Waals surface area contributed by atoms with Gasteiger partial charge < -0.3 is 14.0 Å². The number of benzene rings is 1. The molecule has 0 atom stereocenters. The summed E-state index contributed by atoms with van der Waals surface area (Å²) >= 11 is 6.22. The van der Waals surface area contributed by atoms with E-state index in [4.69, 9.17) is 16.3 Å². The number of ether oxygens (including phenoxy) is 1. The van der Waals surface area contributed by atoms with E-state index in [2.05, 4.69) is 4.98 Å². The molecule has 1 amide bonds. The van der Waals surface area contributed by atoms with Crippen LogP contribution in [-0.4, -0.2) is 27.8 Å². The molecular weight excluding hydrogens is 366 g/mol. The van der Waals surface area contributed by atoms with Crippen molar-refractivity contribution < 1.29 is 14.3 Å². The Morgan fingerprint density at radius 1 is 1.26 bits per heavy atom. The molecule has 0 spiro atoms. The molecule has 0 saturated carbocycles. The Kier molecular flexibility index (Phi) is 4.58. The van der Waals surface area contributed by atoms with Gasteiger partial charge in [-0.2, -0.15) is 0 Å². The average molecular weight is 384 g/mol. The summed E-state index contributed by atoms with van der Waals surface area (Å²) in [6.07, 6.45) is 5.09. The fourth-order valence-corrected chi connectivity index (χ4v) is 3.42. The average Bonchev–Trinajstić information content (AvgIpc) is 3.25. The normalized spacial score (nSPS) is 14.1. The third kappa shape index (κ3) is 3.53. The van der Waals surface area contributed by atoms with Gasteiger partial charge in [-0.3, -0.25) is 4.79 Å². The fourth-order valence-electron chi connectivity index (χ4n) is 3.20. The van der Waals surface area contributed by atoms with E-state index in [0.29, 0.717) is 34.9 Å². The summed E-state index contributed by atoms with van der Waals surface area (Å²) in [5.41, 5.74) is 3.49. The van der Waals surface area contributed by atoms with Gasteiger partial charge in [-0.25, -0.2) is 9.78 Å². The van der Waals surface area contributed by atoms with Gasteiger partial charge in [0.1, 0.15) is 12.3 Å². The molecule has 0 radical (unpaired) electrons. The minimum atomic E-state index is -0.479. The van der Waals surface area contributed by atoms with Crippen molar-refractivity contribution >= 4 is 34.8 Å². The topological polar surface area (TPSA) is 63.9 Å². The third-order valence-electron chi connectivity index (χ3n) is 4.55. The van der Waals surface area contributed by atoms with Crippen molar-refractivity contribution in [3.05, 3.63) is 64.6 Å². The van der Waals surface area contributed by atoms with Crippen LogP contribution in [0.5, 0.6) is 0 Å². The van der Waals surface area contributed by atoms with Crippen LogP contribution in [0.15, 0.2) is 42.7 Å². The molecule has 0 bridgehead atoms. The summed E-state index contributed by atoms with van der Waals surface area (Å²) in [5.74, 6) is -0.463. The molecule has 1 aliphatic rings. The number of hydrogen-bond acceptors (Lipinski definition) is 4. The van der Waals surface area contributed by atoms with Gasteiger partial charge in [0.15, 0.2) is 0 Å². The lowest BCUT2D eigenvalue weighted by atomic mass is 10.2. The quantitative estimate of drug-likeness (QED) is 0.643. The van der Waals surface area contributed by atoms with Gasteiger partial charge in [0.25, 0.3) is 0 Å². The van der Waals surface area contributed by atoms with Crippen molar-refractivity contribution in [1.29, 1.82) is 0 Å². The lowest BCUT2D eigenvalue weighted by molar-refractivity contribution is -0.117. The molecule has 3 aromatic rings. The smallest absolute Gasteiger partial charge is 0.338 e. The summed E-state index contributed by atoms with van der Waals surface area (Å²) < 4.78 is 7.30. The summed E-state index contributed by atoms with van der Waals surface area (Å²) in [4.78, 5) is 30.5. The minimum Gasteiger partial charge on any atom is -0.456 e. The number of fused-ring (bicyclic) bond motifs is 1. The molecular formula is C20H18ClN3O3. The summed E-state index contributed by atoms with van der Waals surface area (Å²) in [6, 6.07) is 8.72. The highest BCUT2D eigenvalue weighted by Gasteiger charge is 2.24. The summed E-state index contributed by atoms with van der Waals surface area (Å²) in [7, 11) is 0. The van der Waals surface area contributed by atoms with Gasteiger partial charge in [-0.1, -0.05) is 17.7 Å². The number of carbonyl (C=O) groups is 2. The maximum atomic E-state index is 12.4. The molecule has 0 aliphatic carbocycles. The molecule has 27 heavy (non-hydrogen) atoms. The van der Waals surface area contributed by atoms with E-state index in [0.717, 1.165) is 17.6 Å².